The fourth-order valence-electron chi connectivity index (χ4n) is 1.76. The van der Waals surface area contributed by atoms with E-state index >= 15 is 0 Å². The van der Waals surface area contributed by atoms with Crippen molar-refractivity contribution in [2.24, 2.45) is 5.16 Å². The summed E-state index contributed by atoms with van der Waals surface area (Å²) in [6.45, 7) is 1.93. The number of furan rings is 1. The second kappa shape index (κ2) is 5.74. The summed E-state index contributed by atoms with van der Waals surface area (Å²) in [4.78, 5) is 0. The average Bonchev–Trinajstić information content (AvgIpc) is 2.77. The molecule has 0 aliphatic heterocycles. The molecular formula is C14H14ClNO2. The minimum absolute atomic E-state index is 0.185. The fraction of sp³-hybridized carbons (Fsp3) is 0.214. The van der Waals surface area contributed by atoms with Gasteiger partial charge in [0.15, 0.2) is 0 Å². The minimum Gasteiger partial charge on any atom is -0.466 e. The summed E-state index contributed by atoms with van der Waals surface area (Å²) in [5.41, 5.74) is 2.18. The van der Waals surface area contributed by atoms with Crippen molar-refractivity contribution in [1.29, 1.82) is 0 Å². The second-order valence-corrected chi connectivity index (χ2v) is 4.59. The van der Waals surface area contributed by atoms with E-state index in [1.807, 2.05) is 43.3 Å². The Morgan fingerprint density at radius 1 is 1.17 bits per heavy atom. The molecule has 0 amide bonds. The number of hydrogen-bond donors (Lipinski definition) is 1. The Morgan fingerprint density at radius 2 is 1.83 bits per heavy atom. The van der Waals surface area contributed by atoms with Crippen LogP contribution in [-0.2, 0) is 12.8 Å². The van der Waals surface area contributed by atoms with Gasteiger partial charge in [-0.3, -0.25) is 0 Å². The minimum atomic E-state index is 0.185. The predicted molar refractivity (Wildman–Crippen MR) is 71.5 cm³/mol. The lowest BCUT2D eigenvalue weighted by Gasteiger charge is -2.02. The molecule has 94 valence electrons. The van der Waals surface area contributed by atoms with Crippen LogP contribution in [0.5, 0.6) is 0 Å². The zero-order valence-electron chi connectivity index (χ0n) is 10.1. The number of halogens is 1. The number of hydrogen-bond acceptors (Lipinski definition) is 3. The summed E-state index contributed by atoms with van der Waals surface area (Å²) in [5.74, 6) is 1.88. The lowest BCUT2D eigenvalue weighted by molar-refractivity contribution is 0.319. The molecule has 0 radical (unpaired) electrons. The Hall–Kier alpha value is -1.74. The molecule has 1 N–H and O–H groups in total. The van der Waals surface area contributed by atoms with Crippen LogP contribution in [0.2, 0.25) is 0 Å². The second-order valence-electron chi connectivity index (χ2n) is 4.16. The lowest BCUT2D eigenvalue weighted by atomic mass is 10.1. The maximum atomic E-state index is 8.49. The Balaban J connectivity index is 2.03. The van der Waals surface area contributed by atoms with Crippen molar-refractivity contribution in [3.05, 3.63) is 59.0 Å². The smallest absolute Gasteiger partial charge is 0.149 e. The van der Waals surface area contributed by atoms with Crippen LogP contribution in [0, 0.1) is 6.92 Å². The van der Waals surface area contributed by atoms with Gasteiger partial charge in [-0.15, -0.1) is 0 Å². The third kappa shape index (κ3) is 3.37. The number of rotatable bonds is 4. The van der Waals surface area contributed by atoms with Crippen LogP contribution in [0.4, 0.5) is 0 Å². The highest BCUT2D eigenvalue weighted by atomic mass is 35.5. The van der Waals surface area contributed by atoms with Crippen molar-refractivity contribution in [2.75, 3.05) is 0 Å². The van der Waals surface area contributed by atoms with E-state index in [2.05, 4.69) is 5.16 Å². The molecule has 1 aromatic heterocycles. The topological polar surface area (TPSA) is 45.7 Å². The summed E-state index contributed by atoms with van der Waals surface area (Å²) in [6, 6.07) is 11.9. The monoisotopic (exact) mass is 263 g/mol. The standard InChI is InChI=1S/C14H14ClNO2/c1-10-2-7-13(18-10)8-11-3-5-12(6-4-11)9-14(15)16-17/h2-7,17H,8-9H2,1H3/b16-14-. The van der Waals surface area contributed by atoms with Gasteiger partial charge in [0.2, 0.25) is 0 Å². The van der Waals surface area contributed by atoms with Crippen LogP contribution in [-0.4, -0.2) is 10.4 Å². The van der Waals surface area contributed by atoms with Crippen molar-refractivity contribution in [2.45, 2.75) is 19.8 Å². The Morgan fingerprint density at radius 3 is 2.39 bits per heavy atom. The van der Waals surface area contributed by atoms with Gasteiger partial charge in [-0.2, -0.15) is 0 Å². The van der Waals surface area contributed by atoms with Gasteiger partial charge < -0.3 is 9.62 Å². The Kier molecular flexibility index (Phi) is 4.05. The average molecular weight is 264 g/mol. The summed E-state index contributed by atoms with van der Waals surface area (Å²) >= 11 is 5.66. The highest BCUT2D eigenvalue weighted by Gasteiger charge is 2.02. The van der Waals surface area contributed by atoms with Gasteiger partial charge in [-0.05, 0) is 30.2 Å². The molecule has 0 aliphatic rings. The van der Waals surface area contributed by atoms with Gasteiger partial charge in [0, 0.05) is 12.8 Å². The molecule has 2 rings (SSSR count). The van der Waals surface area contributed by atoms with Gasteiger partial charge in [0.1, 0.15) is 16.7 Å². The third-order valence-corrected chi connectivity index (χ3v) is 2.87. The molecule has 1 heterocycles. The van der Waals surface area contributed by atoms with Crippen LogP contribution in [0.1, 0.15) is 22.6 Å². The number of oxime groups is 1. The number of nitrogens with zero attached hydrogens (tertiary/aromatic N) is 1. The van der Waals surface area contributed by atoms with Crippen LogP contribution < -0.4 is 0 Å². The zero-order chi connectivity index (χ0) is 13.0. The molecule has 0 fully saturated rings. The van der Waals surface area contributed by atoms with Gasteiger partial charge in [0.05, 0.1) is 0 Å². The molecule has 0 spiro atoms. The van der Waals surface area contributed by atoms with Crippen molar-refractivity contribution in [3.8, 4) is 0 Å². The predicted octanol–water partition coefficient (Wildman–Crippen LogP) is 3.75. The first-order valence-corrected chi connectivity index (χ1v) is 6.05. The van der Waals surface area contributed by atoms with Crippen molar-refractivity contribution < 1.29 is 9.62 Å². The van der Waals surface area contributed by atoms with E-state index in [1.54, 1.807) is 0 Å². The molecule has 2 aromatic rings. The van der Waals surface area contributed by atoms with E-state index in [0.717, 1.165) is 23.5 Å². The first-order valence-electron chi connectivity index (χ1n) is 5.67. The van der Waals surface area contributed by atoms with E-state index in [1.165, 1.54) is 5.56 Å². The molecule has 4 heteroatoms. The molecule has 0 bridgehead atoms. The normalized spacial score (nSPS) is 11.8. The molecular weight excluding hydrogens is 250 g/mol. The quantitative estimate of drug-likeness (QED) is 0.519. The number of benzene rings is 1. The fourth-order valence-corrected chi connectivity index (χ4v) is 1.91. The SMILES string of the molecule is Cc1ccc(Cc2ccc(C/C(Cl)=N/O)cc2)o1. The van der Waals surface area contributed by atoms with Crippen molar-refractivity contribution >= 4 is 16.8 Å². The molecule has 0 aliphatic carbocycles. The van der Waals surface area contributed by atoms with Gasteiger partial charge in [-0.1, -0.05) is 41.0 Å². The summed E-state index contributed by atoms with van der Waals surface area (Å²) in [6.07, 6.45) is 1.22. The van der Waals surface area contributed by atoms with Crippen molar-refractivity contribution in [3.63, 3.8) is 0 Å². The summed E-state index contributed by atoms with van der Waals surface area (Å²) < 4.78 is 5.53. The first kappa shape index (κ1) is 12.7. The van der Waals surface area contributed by atoms with Gasteiger partial charge in [0.25, 0.3) is 0 Å². The summed E-state index contributed by atoms with van der Waals surface area (Å²) in [5, 5.41) is 11.6. The molecule has 0 unspecified atom stereocenters. The largest absolute Gasteiger partial charge is 0.466 e. The molecule has 0 saturated carbocycles. The van der Waals surface area contributed by atoms with E-state index < -0.39 is 0 Å². The summed E-state index contributed by atoms with van der Waals surface area (Å²) in [7, 11) is 0. The molecule has 18 heavy (non-hydrogen) atoms. The van der Waals surface area contributed by atoms with E-state index in [9.17, 15) is 0 Å². The molecule has 0 saturated heterocycles. The van der Waals surface area contributed by atoms with E-state index in [-0.39, 0.29) is 5.17 Å². The van der Waals surface area contributed by atoms with Crippen LogP contribution in [0.3, 0.4) is 0 Å². The number of aryl methyl sites for hydroxylation is 1. The Bertz CT molecular complexity index is 543. The van der Waals surface area contributed by atoms with Crippen LogP contribution in [0.25, 0.3) is 0 Å². The third-order valence-electron chi connectivity index (χ3n) is 2.66. The lowest BCUT2D eigenvalue weighted by Crippen LogP contribution is -1.95. The molecule has 0 atom stereocenters. The highest BCUT2D eigenvalue weighted by Crippen LogP contribution is 2.14. The van der Waals surface area contributed by atoms with Gasteiger partial charge in [-0.25, -0.2) is 0 Å². The van der Waals surface area contributed by atoms with Gasteiger partial charge >= 0.3 is 0 Å². The van der Waals surface area contributed by atoms with E-state index in [0.29, 0.717) is 6.42 Å². The highest BCUT2D eigenvalue weighted by molar-refractivity contribution is 6.65. The zero-order valence-corrected chi connectivity index (χ0v) is 10.8. The Labute approximate surface area is 111 Å². The first-order chi connectivity index (χ1) is 8.67. The maximum absolute atomic E-state index is 8.49. The van der Waals surface area contributed by atoms with Crippen LogP contribution in [0.15, 0.2) is 46.0 Å². The van der Waals surface area contributed by atoms with Crippen molar-refractivity contribution in [1.82, 2.24) is 0 Å². The maximum Gasteiger partial charge on any atom is 0.149 e. The van der Waals surface area contributed by atoms with E-state index in [4.69, 9.17) is 21.2 Å². The molecule has 3 nitrogen and oxygen atoms in total. The van der Waals surface area contributed by atoms with Crippen LogP contribution >= 0.6 is 11.6 Å². The molecule has 1 aromatic carbocycles.